The largest absolute Gasteiger partial charge is 0.326 e. The Balaban J connectivity index is 2.70. The van der Waals surface area contributed by atoms with Crippen molar-refractivity contribution in [3.63, 3.8) is 0 Å². The van der Waals surface area contributed by atoms with Gasteiger partial charge in [0.1, 0.15) is 0 Å². The summed E-state index contributed by atoms with van der Waals surface area (Å²) >= 11 is -2.04. The Bertz CT molecular complexity index is 610. The van der Waals surface area contributed by atoms with Crippen molar-refractivity contribution < 1.29 is 13.6 Å². The quantitative estimate of drug-likeness (QED) is 0.803. The molecule has 0 spiro atoms. The molecule has 17 heavy (non-hydrogen) atoms. The first kappa shape index (κ1) is 11.8. The van der Waals surface area contributed by atoms with Gasteiger partial charge in [0.05, 0.1) is 4.90 Å². The molecule has 0 saturated carbocycles. The molecule has 0 saturated heterocycles. The fourth-order valence-corrected chi connectivity index (χ4v) is 2.27. The maximum Gasteiger partial charge on any atom is 0.221 e. The van der Waals surface area contributed by atoms with E-state index in [2.05, 4.69) is 5.32 Å². The third-order valence-corrected chi connectivity index (χ3v) is 3.12. The number of hydrogen-bond donors (Lipinski definition) is 2. The minimum atomic E-state index is -2.04. The number of carbonyl (C=O) groups excluding carboxylic acids is 1. The molecule has 88 valence electrons. The number of anilines is 1. The van der Waals surface area contributed by atoms with Crippen LogP contribution in [0.2, 0.25) is 0 Å². The predicted molar refractivity (Wildman–Crippen MR) is 67.3 cm³/mol. The molecule has 0 aliphatic heterocycles. The predicted octanol–water partition coefficient (Wildman–Crippen LogP) is 2.38. The summed E-state index contributed by atoms with van der Waals surface area (Å²) in [5.74, 6) is -0.173. The third-order valence-electron chi connectivity index (χ3n) is 2.38. The molecule has 0 heterocycles. The van der Waals surface area contributed by atoms with Crippen LogP contribution in [0.4, 0.5) is 5.69 Å². The van der Waals surface area contributed by atoms with Gasteiger partial charge in [-0.15, -0.1) is 0 Å². The lowest BCUT2D eigenvalue weighted by molar-refractivity contribution is -0.114. The third kappa shape index (κ3) is 2.35. The monoisotopic (exact) mass is 249 g/mol. The molecule has 1 amide bonds. The molecule has 0 aromatic heterocycles. The SMILES string of the molecule is CC(=O)Nc1ccc(S(=O)O)c2ccccc12. The Morgan fingerprint density at radius 1 is 1.18 bits per heavy atom. The van der Waals surface area contributed by atoms with Crippen molar-refractivity contribution in [2.45, 2.75) is 11.8 Å². The number of fused-ring (bicyclic) bond motifs is 1. The lowest BCUT2D eigenvalue weighted by Crippen LogP contribution is -2.06. The summed E-state index contributed by atoms with van der Waals surface area (Å²) in [5.41, 5.74) is 0.641. The molecular weight excluding hydrogens is 238 g/mol. The summed E-state index contributed by atoms with van der Waals surface area (Å²) < 4.78 is 20.4. The number of hydrogen-bond acceptors (Lipinski definition) is 2. The van der Waals surface area contributed by atoms with Crippen LogP contribution in [-0.4, -0.2) is 14.7 Å². The van der Waals surface area contributed by atoms with Gasteiger partial charge in [-0.05, 0) is 12.1 Å². The molecule has 0 fully saturated rings. The van der Waals surface area contributed by atoms with Crippen LogP contribution in [0, 0.1) is 0 Å². The van der Waals surface area contributed by atoms with Crippen LogP contribution in [-0.2, 0) is 15.9 Å². The fraction of sp³-hybridized carbons (Fsp3) is 0.0833. The second-order valence-corrected chi connectivity index (χ2v) is 4.53. The summed E-state index contributed by atoms with van der Waals surface area (Å²) in [4.78, 5) is 11.4. The van der Waals surface area contributed by atoms with Crippen LogP contribution in [0.25, 0.3) is 10.8 Å². The van der Waals surface area contributed by atoms with Crippen LogP contribution in [0.3, 0.4) is 0 Å². The van der Waals surface area contributed by atoms with Crippen LogP contribution < -0.4 is 5.32 Å². The molecule has 4 nitrogen and oxygen atoms in total. The molecule has 0 bridgehead atoms. The van der Waals surface area contributed by atoms with Crippen molar-refractivity contribution >= 4 is 33.4 Å². The molecule has 2 rings (SSSR count). The number of carbonyl (C=O) groups is 1. The molecular formula is C12H11NO3S. The number of amides is 1. The standard InChI is InChI=1S/C12H11NO3S/c1-8(14)13-11-6-7-12(17(15)16)10-5-3-2-4-9(10)11/h2-7H,1H3,(H,13,14)(H,15,16). The zero-order chi connectivity index (χ0) is 12.4. The Morgan fingerprint density at radius 3 is 2.41 bits per heavy atom. The highest BCUT2D eigenvalue weighted by molar-refractivity contribution is 7.79. The van der Waals surface area contributed by atoms with Gasteiger partial charge < -0.3 is 9.87 Å². The van der Waals surface area contributed by atoms with E-state index in [1.54, 1.807) is 30.3 Å². The topological polar surface area (TPSA) is 66.4 Å². The average molecular weight is 249 g/mol. The van der Waals surface area contributed by atoms with Crippen LogP contribution in [0.5, 0.6) is 0 Å². The van der Waals surface area contributed by atoms with Gasteiger partial charge in [0.15, 0.2) is 11.1 Å². The minimum Gasteiger partial charge on any atom is -0.326 e. The van der Waals surface area contributed by atoms with E-state index in [0.717, 1.165) is 5.39 Å². The molecule has 1 atom stereocenters. The highest BCUT2D eigenvalue weighted by atomic mass is 32.2. The van der Waals surface area contributed by atoms with E-state index in [9.17, 15) is 13.6 Å². The Labute approximate surface area is 101 Å². The Hall–Kier alpha value is -1.72. The van der Waals surface area contributed by atoms with Gasteiger partial charge >= 0.3 is 0 Å². The van der Waals surface area contributed by atoms with Crippen LogP contribution in [0.1, 0.15) is 6.92 Å². The zero-order valence-electron chi connectivity index (χ0n) is 9.14. The van der Waals surface area contributed by atoms with Gasteiger partial charge in [-0.2, -0.15) is 0 Å². The van der Waals surface area contributed by atoms with E-state index in [1.807, 2.05) is 6.07 Å². The van der Waals surface area contributed by atoms with Gasteiger partial charge in [0.2, 0.25) is 5.91 Å². The number of benzene rings is 2. The molecule has 2 aromatic rings. The van der Waals surface area contributed by atoms with Crippen molar-refractivity contribution in [2.24, 2.45) is 0 Å². The number of nitrogens with one attached hydrogen (secondary N) is 1. The van der Waals surface area contributed by atoms with Gasteiger partial charge in [0, 0.05) is 23.4 Å². The van der Waals surface area contributed by atoms with Crippen LogP contribution in [0.15, 0.2) is 41.3 Å². The maximum atomic E-state index is 11.2. The van der Waals surface area contributed by atoms with E-state index < -0.39 is 11.1 Å². The van der Waals surface area contributed by atoms with Crippen molar-refractivity contribution in [2.75, 3.05) is 5.32 Å². The van der Waals surface area contributed by atoms with Crippen molar-refractivity contribution in [1.82, 2.24) is 0 Å². The van der Waals surface area contributed by atoms with Crippen molar-refractivity contribution in [3.05, 3.63) is 36.4 Å². The van der Waals surface area contributed by atoms with E-state index in [4.69, 9.17) is 0 Å². The number of rotatable bonds is 2. The Morgan fingerprint density at radius 2 is 1.82 bits per heavy atom. The summed E-state index contributed by atoms with van der Waals surface area (Å²) in [5, 5.41) is 4.11. The highest BCUT2D eigenvalue weighted by Crippen LogP contribution is 2.28. The van der Waals surface area contributed by atoms with E-state index in [1.165, 1.54) is 6.92 Å². The van der Waals surface area contributed by atoms with E-state index in [-0.39, 0.29) is 5.91 Å². The molecule has 2 aromatic carbocycles. The van der Waals surface area contributed by atoms with Gasteiger partial charge in [-0.1, -0.05) is 24.3 Å². The molecule has 0 radical (unpaired) electrons. The normalized spacial score (nSPS) is 12.4. The molecule has 1 unspecified atom stereocenters. The second kappa shape index (κ2) is 4.65. The highest BCUT2D eigenvalue weighted by Gasteiger charge is 2.09. The minimum absolute atomic E-state index is 0.173. The van der Waals surface area contributed by atoms with Crippen LogP contribution >= 0.6 is 0 Å². The lowest BCUT2D eigenvalue weighted by Gasteiger charge is -2.09. The smallest absolute Gasteiger partial charge is 0.221 e. The first-order valence-electron chi connectivity index (χ1n) is 5.00. The molecule has 2 N–H and O–H groups in total. The zero-order valence-corrected chi connectivity index (χ0v) is 9.95. The van der Waals surface area contributed by atoms with Crippen molar-refractivity contribution in [1.29, 1.82) is 0 Å². The first-order chi connectivity index (χ1) is 8.09. The molecule has 0 aliphatic carbocycles. The fourth-order valence-electron chi connectivity index (χ4n) is 1.72. The summed E-state index contributed by atoms with van der Waals surface area (Å²) in [6, 6.07) is 10.3. The average Bonchev–Trinajstić information content (AvgIpc) is 2.28. The second-order valence-electron chi connectivity index (χ2n) is 3.59. The van der Waals surface area contributed by atoms with E-state index >= 15 is 0 Å². The molecule has 5 heteroatoms. The van der Waals surface area contributed by atoms with Crippen molar-refractivity contribution in [3.8, 4) is 0 Å². The summed E-state index contributed by atoms with van der Waals surface area (Å²) in [7, 11) is 0. The van der Waals surface area contributed by atoms with Gasteiger partial charge in [0.25, 0.3) is 0 Å². The van der Waals surface area contributed by atoms with Gasteiger partial charge in [-0.3, -0.25) is 4.79 Å². The molecule has 0 aliphatic rings. The summed E-state index contributed by atoms with van der Waals surface area (Å²) in [6.45, 7) is 1.42. The summed E-state index contributed by atoms with van der Waals surface area (Å²) in [6.07, 6.45) is 0. The van der Waals surface area contributed by atoms with Gasteiger partial charge in [-0.25, -0.2) is 4.21 Å². The first-order valence-corrected chi connectivity index (χ1v) is 6.10. The lowest BCUT2D eigenvalue weighted by atomic mass is 10.1. The Kier molecular flexibility index (Phi) is 3.21. The van der Waals surface area contributed by atoms with E-state index in [0.29, 0.717) is 16.0 Å². The maximum absolute atomic E-state index is 11.2.